The summed E-state index contributed by atoms with van der Waals surface area (Å²) in [5, 5.41) is 14.6. The lowest BCUT2D eigenvalue weighted by Crippen LogP contribution is -2.62. The van der Waals surface area contributed by atoms with Crippen LogP contribution in [0.3, 0.4) is 0 Å². The highest BCUT2D eigenvalue weighted by molar-refractivity contribution is 7.91. The maximum Gasteiger partial charge on any atom is 0.431 e. The second kappa shape index (κ2) is 10.8. The first kappa shape index (κ1) is 30.7. The summed E-state index contributed by atoms with van der Waals surface area (Å²) in [4.78, 5) is 0.131. The molecule has 0 aromatic heterocycles. The van der Waals surface area contributed by atoms with Gasteiger partial charge in [0.15, 0.2) is 9.84 Å². The van der Waals surface area contributed by atoms with Gasteiger partial charge in [0.25, 0.3) is 5.60 Å². The largest absolute Gasteiger partial charge is 0.431 e. The summed E-state index contributed by atoms with van der Waals surface area (Å²) in [6.45, 7) is 1.74. The van der Waals surface area contributed by atoms with Crippen molar-refractivity contribution in [2.24, 2.45) is 5.10 Å². The van der Waals surface area contributed by atoms with E-state index < -0.39 is 46.0 Å². The van der Waals surface area contributed by atoms with Gasteiger partial charge in [0.1, 0.15) is 0 Å². The number of benzene rings is 3. The number of halogens is 7. The molecule has 0 aliphatic carbocycles. The zero-order valence-electron chi connectivity index (χ0n) is 21.3. The molecule has 0 bridgehead atoms. The van der Waals surface area contributed by atoms with Crippen LogP contribution in [0.15, 0.2) is 76.7 Å². The van der Waals surface area contributed by atoms with Crippen LogP contribution in [0.1, 0.15) is 31.4 Å². The highest BCUT2D eigenvalue weighted by atomic mass is 35.5. The summed E-state index contributed by atoms with van der Waals surface area (Å²) in [6.07, 6.45) is -12.7. The SMILES string of the molecule is CCCS(=O)(=O)c1ccc(-c2ccc(C3CC(C(O)(C(F)(F)F)C(F)(F)F)=NN3c3ccccc3Cl)cc2N)cc1. The Balaban J connectivity index is 1.76. The van der Waals surface area contributed by atoms with Gasteiger partial charge in [0.05, 0.1) is 33.1 Å². The molecule has 0 saturated heterocycles. The molecule has 6 nitrogen and oxygen atoms in total. The van der Waals surface area contributed by atoms with Crippen LogP contribution in [0.2, 0.25) is 5.02 Å². The molecule has 4 rings (SSSR count). The van der Waals surface area contributed by atoms with Crippen molar-refractivity contribution in [1.29, 1.82) is 0 Å². The van der Waals surface area contributed by atoms with E-state index in [1.165, 1.54) is 54.6 Å². The van der Waals surface area contributed by atoms with Gasteiger partial charge in [0.2, 0.25) is 0 Å². The Bertz CT molecular complexity index is 1560. The van der Waals surface area contributed by atoms with Crippen molar-refractivity contribution in [3.05, 3.63) is 77.3 Å². The van der Waals surface area contributed by atoms with Crippen LogP contribution in [-0.2, 0) is 9.84 Å². The fourth-order valence-corrected chi connectivity index (χ4v) is 6.16. The topological polar surface area (TPSA) is 96.0 Å². The number of rotatable bonds is 7. The normalized spacial score (nSPS) is 16.7. The third kappa shape index (κ3) is 5.62. The summed E-state index contributed by atoms with van der Waals surface area (Å²) in [5.41, 5.74) is 0.866. The van der Waals surface area contributed by atoms with Gasteiger partial charge in [0, 0.05) is 17.7 Å². The molecule has 3 aromatic carbocycles. The molecule has 3 aromatic rings. The van der Waals surface area contributed by atoms with Crippen LogP contribution in [0.25, 0.3) is 11.1 Å². The molecule has 1 atom stereocenters. The number of hydrogen-bond acceptors (Lipinski definition) is 6. The number of sulfone groups is 1. The van der Waals surface area contributed by atoms with Gasteiger partial charge in [-0.1, -0.05) is 54.9 Å². The second-order valence-corrected chi connectivity index (χ2v) is 12.0. The number of hydrazone groups is 1. The van der Waals surface area contributed by atoms with Gasteiger partial charge in [-0.05, 0) is 47.9 Å². The molecular weight excluding hydrogens is 596 g/mol. The number of hydrogen-bond donors (Lipinski definition) is 2. The predicted octanol–water partition coefficient (Wildman–Crippen LogP) is 6.94. The van der Waals surface area contributed by atoms with Gasteiger partial charge in [-0.2, -0.15) is 31.4 Å². The number of nitrogens with zero attached hydrogens (tertiary/aromatic N) is 2. The van der Waals surface area contributed by atoms with Crippen molar-refractivity contribution in [3.63, 3.8) is 0 Å². The molecule has 1 heterocycles. The molecule has 0 amide bonds. The first-order chi connectivity index (χ1) is 19.0. The second-order valence-electron chi connectivity index (χ2n) is 9.46. The van der Waals surface area contributed by atoms with Gasteiger partial charge in [-0.15, -0.1) is 0 Å². The molecule has 0 radical (unpaired) electrons. The number of alkyl halides is 6. The smallest absolute Gasteiger partial charge is 0.398 e. The minimum Gasteiger partial charge on any atom is -0.398 e. The molecule has 220 valence electrons. The predicted molar refractivity (Wildman–Crippen MR) is 144 cm³/mol. The monoisotopic (exact) mass is 619 g/mol. The van der Waals surface area contributed by atoms with E-state index >= 15 is 0 Å². The lowest BCUT2D eigenvalue weighted by atomic mass is 9.89. The molecule has 0 fully saturated rings. The van der Waals surface area contributed by atoms with E-state index in [0.717, 1.165) is 5.01 Å². The van der Waals surface area contributed by atoms with Crippen LogP contribution in [0, 0.1) is 0 Å². The molecule has 3 N–H and O–H groups in total. The molecule has 41 heavy (non-hydrogen) atoms. The van der Waals surface area contributed by atoms with Crippen molar-refractivity contribution in [2.75, 3.05) is 16.5 Å². The third-order valence-electron chi connectivity index (χ3n) is 6.71. The zero-order valence-corrected chi connectivity index (χ0v) is 22.9. The van der Waals surface area contributed by atoms with E-state index in [1.54, 1.807) is 19.1 Å². The highest BCUT2D eigenvalue weighted by Gasteiger charge is 2.74. The van der Waals surface area contributed by atoms with Gasteiger partial charge < -0.3 is 10.8 Å². The van der Waals surface area contributed by atoms with Crippen molar-refractivity contribution in [3.8, 4) is 11.1 Å². The summed E-state index contributed by atoms with van der Waals surface area (Å²) in [7, 11) is -3.45. The molecule has 1 unspecified atom stereocenters. The maximum absolute atomic E-state index is 13.7. The third-order valence-corrected chi connectivity index (χ3v) is 8.96. The van der Waals surface area contributed by atoms with E-state index in [4.69, 9.17) is 17.3 Å². The van der Waals surface area contributed by atoms with E-state index in [-0.39, 0.29) is 32.6 Å². The Morgan fingerprint density at radius 1 is 1.00 bits per heavy atom. The summed E-state index contributed by atoms with van der Waals surface area (Å²) >= 11 is 6.21. The van der Waals surface area contributed by atoms with E-state index in [1.807, 2.05) is 0 Å². The van der Waals surface area contributed by atoms with Crippen molar-refractivity contribution >= 4 is 38.5 Å². The molecule has 0 spiro atoms. The number of nitrogen functional groups attached to an aromatic ring is 1. The van der Waals surface area contributed by atoms with Crippen LogP contribution in [-0.4, -0.2) is 42.9 Å². The Labute approximate surface area is 237 Å². The van der Waals surface area contributed by atoms with Crippen LogP contribution >= 0.6 is 11.6 Å². The Kier molecular flexibility index (Phi) is 8.11. The quantitative estimate of drug-likeness (QED) is 0.221. The summed E-state index contributed by atoms with van der Waals surface area (Å²) < 4.78 is 107. The molecule has 1 aliphatic rings. The van der Waals surface area contributed by atoms with E-state index in [9.17, 15) is 39.9 Å². The number of nitrogens with two attached hydrogens (primary N) is 1. The lowest BCUT2D eigenvalue weighted by molar-refractivity contribution is -0.338. The van der Waals surface area contributed by atoms with Crippen LogP contribution in [0.4, 0.5) is 37.7 Å². The molecule has 14 heteroatoms. The minimum absolute atomic E-state index is 0.00719. The first-order valence-corrected chi connectivity index (χ1v) is 14.2. The maximum atomic E-state index is 13.7. The highest BCUT2D eigenvalue weighted by Crippen LogP contribution is 2.49. The van der Waals surface area contributed by atoms with Crippen molar-refractivity contribution in [1.82, 2.24) is 0 Å². The fourth-order valence-electron chi connectivity index (χ4n) is 4.62. The Hall–Kier alpha value is -3.29. The zero-order chi connectivity index (χ0) is 30.4. The standard InChI is InChI=1S/C27H24ClF6N3O3S/c1-2-13-41(39,40)18-10-7-16(8-11-18)19-12-9-17(14-21(19)35)23-15-24(25(38,26(29,30)31)27(32,33)34)36-37(23)22-6-4-3-5-20(22)28/h3-12,14,23,38H,2,13,15,35H2,1H3. The number of anilines is 2. The molecular formula is C27H24ClF6N3O3S. The molecule has 0 saturated carbocycles. The van der Waals surface area contributed by atoms with Crippen LogP contribution in [0.5, 0.6) is 0 Å². The van der Waals surface area contributed by atoms with Gasteiger partial charge in [-0.3, -0.25) is 5.01 Å². The molecule has 1 aliphatic heterocycles. The Morgan fingerprint density at radius 3 is 2.15 bits per heavy atom. The summed E-state index contributed by atoms with van der Waals surface area (Å²) in [6, 6.07) is 14.8. The average molecular weight is 620 g/mol. The fraction of sp³-hybridized carbons (Fsp3) is 0.296. The lowest BCUT2D eigenvalue weighted by Gasteiger charge is -2.32. The number of aliphatic hydroxyl groups is 1. The summed E-state index contributed by atoms with van der Waals surface area (Å²) in [5.74, 6) is -0.0195. The number of para-hydroxylation sites is 1. The van der Waals surface area contributed by atoms with Gasteiger partial charge >= 0.3 is 12.4 Å². The van der Waals surface area contributed by atoms with Gasteiger partial charge in [-0.25, -0.2) is 8.42 Å². The van der Waals surface area contributed by atoms with E-state index in [0.29, 0.717) is 17.5 Å². The van der Waals surface area contributed by atoms with Crippen molar-refractivity contribution in [2.45, 2.75) is 48.7 Å². The van der Waals surface area contributed by atoms with Crippen LogP contribution < -0.4 is 10.7 Å². The minimum atomic E-state index is -6.11. The van der Waals surface area contributed by atoms with Crippen molar-refractivity contribution < 1.29 is 39.9 Å². The Morgan fingerprint density at radius 2 is 1.61 bits per heavy atom. The van der Waals surface area contributed by atoms with E-state index in [2.05, 4.69) is 5.10 Å². The first-order valence-electron chi connectivity index (χ1n) is 12.2. The average Bonchev–Trinajstić information content (AvgIpc) is 3.32.